The van der Waals surface area contributed by atoms with Gasteiger partial charge in [0.15, 0.2) is 0 Å². The number of nitrogens with one attached hydrogen (secondary N) is 2. The zero-order chi connectivity index (χ0) is 23.7. The fourth-order valence-corrected chi connectivity index (χ4v) is 3.86. The molecule has 3 amide bonds. The fraction of sp³-hybridized carbons (Fsp3) is 0.0417. The van der Waals surface area contributed by atoms with E-state index in [1.807, 2.05) is 0 Å². The predicted octanol–water partition coefficient (Wildman–Crippen LogP) is 5.99. The Bertz CT molecular complexity index is 1320. The van der Waals surface area contributed by atoms with Crippen molar-refractivity contribution < 1.29 is 14.4 Å². The molecular weight excluding hydrogens is 485 g/mol. The molecule has 9 heteroatoms. The zero-order valence-electron chi connectivity index (χ0n) is 17.2. The fourth-order valence-electron chi connectivity index (χ4n) is 3.29. The van der Waals surface area contributed by atoms with Gasteiger partial charge in [0.05, 0.1) is 5.69 Å². The molecule has 1 heterocycles. The van der Waals surface area contributed by atoms with E-state index in [1.165, 1.54) is 0 Å². The average Bonchev–Trinajstić information content (AvgIpc) is 2.99. The largest absolute Gasteiger partial charge is 0.350 e. The SMILES string of the molecule is Cc1c(Cl)cccc1N1C(=O)C(Cl)=C(Nc2ccc(C(=O)Nc3cccc(Cl)c3)cc2)C1=O. The number of rotatable bonds is 5. The van der Waals surface area contributed by atoms with E-state index in [0.717, 1.165) is 4.90 Å². The van der Waals surface area contributed by atoms with Gasteiger partial charge >= 0.3 is 0 Å². The monoisotopic (exact) mass is 499 g/mol. The van der Waals surface area contributed by atoms with Crippen molar-refractivity contribution in [3.8, 4) is 0 Å². The van der Waals surface area contributed by atoms with Crippen LogP contribution in [0.25, 0.3) is 0 Å². The van der Waals surface area contributed by atoms with E-state index in [9.17, 15) is 14.4 Å². The van der Waals surface area contributed by atoms with E-state index >= 15 is 0 Å². The second-order valence-corrected chi connectivity index (χ2v) is 8.41. The van der Waals surface area contributed by atoms with Crippen LogP contribution in [0.15, 0.2) is 77.5 Å². The lowest BCUT2D eigenvalue weighted by Crippen LogP contribution is -2.32. The molecule has 2 N–H and O–H groups in total. The maximum atomic E-state index is 13.0. The number of hydrogen-bond acceptors (Lipinski definition) is 4. The molecule has 0 spiro atoms. The summed E-state index contributed by atoms with van der Waals surface area (Å²) in [6, 6.07) is 18.1. The highest BCUT2D eigenvalue weighted by atomic mass is 35.5. The number of imide groups is 1. The van der Waals surface area contributed by atoms with Gasteiger partial charge in [-0.25, -0.2) is 4.90 Å². The van der Waals surface area contributed by atoms with Crippen LogP contribution in [-0.4, -0.2) is 17.7 Å². The molecule has 3 aromatic rings. The highest BCUT2D eigenvalue weighted by Gasteiger charge is 2.39. The van der Waals surface area contributed by atoms with Crippen LogP contribution in [0.2, 0.25) is 10.0 Å². The van der Waals surface area contributed by atoms with Crippen LogP contribution in [0.3, 0.4) is 0 Å². The minimum atomic E-state index is -0.646. The molecule has 0 saturated heterocycles. The lowest BCUT2D eigenvalue weighted by Gasteiger charge is -2.18. The summed E-state index contributed by atoms with van der Waals surface area (Å²) < 4.78 is 0. The Kier molecular flexibility index (Phi) is 6.42. The van der Waals surface area contributed by atoms with Gasteiger partial charge in [0.25, 0.3) is 17.7 Å². The van der Waals surface area contributed by atoms with Crippen molar-refractivity contribution in [2.75, 3.05) is 15.5 Å². The van der Waals surface area contributed by atoms with Crippen LogP contribution < -0.4 is 15.5 Å². The first-order valence-electron chi connectivity index (χ1n) is 9.74. The molecule has 0 saturated carbocycles. The molecule has 166 valence electrons. The molecule has 0 atom stereocenters. The van der Waals surface area contributed by atoms with E-state index < -0.39 is 11.8 Å². The Morgan fingerprint density at radius 2 is 1.55 bits per heavy atom. The lowest BCUT2D eigenvalue weighted by molar-refractivity contribution is -0.120. The summed E-state index contributed by atoms with van der Waals surface area (Å²) in [5, 5.41) is 6.34. The minimum absolute atomic E-state index is 0.0582. The van der Waals surface area contributed by atoms with Crippen molar-refractivity contribution in [2.45, 2.75) is 6.92 Å². The summed E-state index contributed by atoms with van der Waals surface area (Å²) in [6.07, 6.45) is 0. The van der Waals surface area contributed by atoms with Crippen molar-refractivity contribution in [1.82, 2.24) is 0 Å². The Hall–Kier alpha value is -3.32. The lowest BCUT2D eigenvalue weighted by atomic mass is 10.1. The first-order valence-corrected chi connectivity index (χ1v) is 10.9. The molecule has 3 aromatic carbocycles. The van der Waals surface area contributed by atoms with Crippen molar-refractivity contribution in [1.29, 1.82) is 0 Å². The number of hydrogen-bond donors (Lipinski definition) is 2. The molecule has 1 aliphatic rings. The summed E-state index contributed by atoms with van der Waals surface area (Å²) in [5.74, 6) is -1.57. The van der Waals surface area contributed by atoms with Crippen molar-refractivity contribution >= 4 is 69.6 Å². The van der Waals surface area contributed by atoms with Gasteiger partial charge in [-0.2, -0.15) is 0 Å². The van der Waals surface area contributed by atoms with E-state index in [0.29, 0.717) is 38.2 Å². The van der Waals surface area contributed by atoms with Crippen LogP contribution >= 0.6 is 34.8 Å². The average molecular weight is 501 g/mol. The Morgan fingerprint density at radius 1 is 0.848 bits per heavy atom. The predicted molar refractivity (Wildman–Crippen MR) is 131 cm³/mol. The number of carbonyl (C=O) groups excluding carboxylic acids is 3. The molecule has 6 nitrogen and oxygen atoms in total. The van der Waals surface area contributed by atoms with Gasteiger partial charge in [-0.3, -0.25) is 14.4 Å². The van der Waals surface area contributed by atoms with Gasteiger partial charge < -0.3 is 10.6 Å². The van der Waals surface area contributed by atoms with E-state index in [2.05, 4.69) is 10.6 Å². The third-order valence-electron chi connectivity index (χ3n) is 5.01. The van der Waals surface area contributed by atoms with Crippen LogP contribution in [0.5, 0.6) is 0 Å². The molecule has 0 fully saturated rings. The van der Waals surface area contributed by atoms with Crippen molar-refractivity contribution in [2.24, 2.45) is 0 Å². The summed E-state index contributed by atoms with van der Waals surface area (Å²) in [5.41, 5.74) is 2.33. The molecule has 33 heavy (non-hydrogen) atoms. The van der Waals surface area contributed by atoms with Gasteiger partial charge in [-0.15, -0.1) is 0 Å². The molecule has 1 aliphatic heterocycles. The highest BCUT2D eigenvalue weighted by Crippen LogP contribution is 2.34. The Labute approximate surface area is 204 Å². The molecule has 0 unspecified atom stereocenters. The number of anilines is 3. The standard InChI is InChI=1S/C24H16Cl3N3O3/c1-13-18(26)6-3-7-19(13)30-23(32)20(27)21(24(30)33)28-16-10-8-14(9-11-16)22(31)29-17-5-2-4-15(25)12-17/h2-12,28H,1H3,(H,29,31). The third kappa shape index (κ3) is 4.59. The first kappa shape index (κ1) is 22.9. The molecular formula is C24H16Cl3N3O3. The van der Waals surface area contributed by atoms with E-state index in [1.54, 1.807) is 73.7 Å². The van der Waals surface area contributed by atoms with Crippen molar-refractivity contribution in [3.63, 3.8) is 0 Å². The van der Waals surface area contributed by atoms with Crippen LogP contribution in [0, 0.1) is 6.92 Å². The highest BCUT2D eigenvalue weighted by molar-refractivity contribution is 6.53. The van der Waals surface area contributed by atoms with E-state index in [4.69, 9.17) is 34.8 Å². The first-order chi connectivity index (χ1) is 15.8. The second-order valence-electron chi connectivity index (χ2n) is 7.19. The van der Waals surface area contributed by atoms with Gasteiger partial charge in [0.1, 0.15) is 10.7 Å². The molecule has 0 bridgehead atoms. The number of benzene rings is 3. The summed E-state index contributed by atoms with van der Waals surface area (Å²) in [4.78, 5) is 39.1. The quantitative estimate of drug-likeness (QED) is 0.422. The maximum Gasteiger partial charge on any atom is 0.283 e. The number of amides is 3. The summed E-state index contributed by atoms with van der Waals surface area (Å²) in [7, 11) is 0. The second kappa shape index (κ2) is 9.27. The molecule has 4 rings (SSSR count). The van der Waals surface area contributed by atoms with E-state index in [-0.39, 0.29) is 16.6 Å². The van der Waals surface area contributed by atoms with Gasteiger partial charge in [0, 0.05) is 27.0 Å². The number of halogens is 3. The number of nitrogens with zero attached hydrogens (tertiary/aromatic N) is 1. The number of carbonyl (C=O) groups is 3. The normalized spacial score (nSPS) is 13.5. The smallest absolute Gasteiger partial charge is 0.283 e. The van der Waals surface area contributed by atoms with Crippen LogP contribution in [0.4, 0.5) is 17.1 Å². The van der Waals surface area contributed by atoms with Gasteiger partial charge in [0.2, 0.25) is 0 Å². The Balaban J connectivity index is 1.50. The Morgan fingerprint density at radius 3 is 2.24 bits per heavy atom. The maximum absolute atomic E-state index is 13.0. The topological polar surface area (TPSA) is 78.5 Å². The zero-order valence-corrected chi connectivity index (χ0v) is 19.4. The molecule has 0 radical (unpaired) electrons. The van der Waals surface area contributed by atoms with Crippen LogP contribution in [0.1, 0.15) is 15.9 Å². The molecule has 0 aliphatic carbocycles. The summed E-state index contributed by atoms with van der Waals surface area (Å²) >= 11 is 18.3. The molecule has 0 aromatic heterocycles. The minimum Gasteiger partial charge on any atom is -0.350 e. The third-order valence-corrected chi connectivity index (χ3v) is 6.00. The van der Waals surface area contributed by atoms with Gasteiger partial charge in [-0.1, -0.05) is 46.9 Å². The van der Waals surface area contributed by atoms with Gasteiger partial charge in [-0.05, 0) is 67.1 Å². The van der Waals surface area contributed by atoms with Crippen LogP contribution in [-0.2, 0) is 9.59 Å². The summed E-state index contributed by atoms with van der Waals surface area (Å²) in [6.45, 7) is 1.71. The van der Waals surface area contributed by atoms with Crippen molar-refractivity contribution in [3.05, 3.63) is 98.6 Å².